The normalized spacial score (nSPS) is 10.4. The van der Waals surface area contributed by atoms with Gasteiger partial charge in [-0.25, -0.2) is 4.98 Å². The summed E-state index contributed by atoms with van der Waals surface area (Å²) in [6.45, 7) is 4.43. The average molecular weight is 404 g/mol. The zero-order valence-electron chi connectivity index (χ0n) is 16.2. The van der Waals surface area contributed by atoms with E-state index in [-0.39, 0.29) is 17.2 Å². The second kappa shape index (κ2) is 9.22. The number of benzene rings is 2. The summed E-state index contributed by atoms with van der Waals surface area (Å²) in [5.41, 5.74) is 2.36. The molecule has 0 aliphatic heterocycles. The summed E-state index contributed by atoms with van der Waals surface area (Å²) in [6, 6.07) is 18.7. The Bertz CT molecular complexity index is 1120. The molecule has 0 unspecified atom stereocenters. The van der Waals surface area contributed by atoms with E-state index in [1.807, 2.05) is 62.4 Å². The molecule has 1 amide bonds. The quantitative estimate of drug-likeness (QED) is 0.499. The summed E-state index contributed by atoms with van der Waals surface area (Å²) in [7, 11) is 0. The molecule has 2 aromatic carbocycles. The van der Waals surface area contributed by atoms with Crippen molar-refractivity contribution >= 4 is 23.4 Å². The van der Waals surface area contributed by atoms with Gasteiger partial charge in [0.1, 0.15) is 11.6 Å². The number of hydrogen-bond acceptors (Lipinski definition) is 5. The molecule has 0 spiro atoms. The van der Waals surface area contributed by atoms with Crippen LogP contribution in [0.15, 0.2) is 64.5 Å². The Morgan fingerprint density at radius 3 is 2.62 bits per heavy atom. The molecule has 0 aliphatic carbocycles. The van der Waals surface area contributed by atoms with Crippen molar-refractivity contribution in [3.8, 4) is 17.3 Å². The maximum atomic E-state index is 12.8. The molecule has 3 rings (SSSR count). The Kier molecular flexibility index (Phi) is 6.47. The minimum Gasteiger partial charge on any atom is -0.312 e. The fourth-order valence-corrected chi connectivity index (χ4v) is 3.67. The minimum atomic E-state index is -0.512. The third kappa shape index (κ3) is 4.73. The third-order valence-corrected chi connectivity index (χ3v) is 5.18. The molecule has 7 heteroatoms. The molecular formula is C22H20N4O2S. The maximum absolute atomic E-state index is 12.8. The van der Waals surface area contributed by atoms with Gasteiger partial charge in [0.15, 0.2) is 5.16 Å². The number of carbonyl (C=O) groups is 1. The molecule has 0 saturated carbocycles. The molecule has 0 saturated heterocycles. The SMILES string of the molecule is CCN(C(=O)CSc1nc(-c2ccccc2)c(C#N)c(=O)[nH]1)c1cccc(C)c1. The van der Waals surface area contributed by atoms with Crippen LogP contribution in [0.3, 0.4) is 0 Å². The number of aryl methyl sites for hydroxylation is 1. The van der Waals surface area contributed by atoms with Gasteiger partial charge in [0.2, 0.25) is 5.91 Å². The van der Waals surface area contributed by atoms with E-state index in [0.29, 0.717) is 23.0 Å². The third-order valence-electron chi connectivity index (χ3n) is 4.32. The molecule has 1 aromatic heterocycles. The van der Waals surface area contributed by atoms with Crippen LogP contribution in [0.5, 0.6) is 0 Å². The van der Waals surface area contributed by atoms with Gasteiger partial charge in [-0.15, -0.1) is 0 Å². The number of nitriles is 1. The number of nitrogens with one attached hydrogen (secondary N) is 1. The van der Waals surface area contributed by atoms with Gasteiger partial charge in [-0.3, -0.25) is 9.59 Å². The van der Waals surface area contributed by atoms with E-state index < -0.39 is 5.56 Å². The monoisotopic (exact) mass is 404 g/mol. The number of hydrogen-bond donors (Lipinski definition) is 1. The standard InChI is InChI=1S/C22H20N4O2S/c1-3-26(17-11-7-8-15(2)12-17)19(27)14-29-22-24-20(16-9-5-4-6-10-16)18(13-23)21(28)25-22/h4-12H,3,14H2,1-2H3,(H,24,25,28). The Morgan fingerprint density at radius 1 is 1.21 bits per heavy atom. The van der Waals surface area contributed by atoms with Gasteiger partial charge in [0, 0.05) is 17.8 Å². The smallest absolute Gasteiger partial charge is 0.270 e. The molecular weight excluding hydrogens is 384 g/mol. The first-order valence-corrected chi connectivity index (χ1v) is 10.1. The number of nitrogens with zero attached hydrogens (tertiary/aromatic N) is 3. The lowest BCUT2D eigenvalue weighted by Gasteiger charge is -2.21. The van der Waals surface area contributed by atoms with Crippen molar-refractivity contribution < 1.29 is 4.79 Å². The van der Waals surface area contributed by atoms with E-state index in [2.05, 4.69) is 9.97 Å². The molecule has 29 heavy (non-hydrogen) atoms. The van der Waals surface area contributed by atoms with Crippen molar-refractivity contribution in [3.63, 3.8) is 0 Å². The van der Waals surface area contributed by atoms with Gasteiger partial charge < -0.3 is 9.88 Å². The van der Waals surface area contributed by atoms with Crippen LogP contribution in [0.25, 0.3) is 11.3 Å². The molecule has 0 radical (unpaired) electrons. The van der Waals surface area contributed by atoms with Crippen LogP contribution >= 0.6 is 11.8 Å². The van der Waals surface area contributed by atoms with Crippen molar-refractivity contribution in [1.82, 2.24) is 9.97 Å². The molecule has 0 atom stereocenters. The number of amides is 1. The fourth-order valence-electron chi connectivity index (χ4n) is 2.94. The highest BCUT2D eigenvalue weighted by atomic mass is 32.2. The van der Waals surface area contributed by atoms with Crippen LogP contribution < -0.4 is 10.5 Å². The van der Waals surface area contributed by atoms with E-state index in [4.69, 9.17) is 0 Å². The summed E-state index contributed by atoms with van der Waals surface area (Å²) < 4.78 is 0. The van der Waals surface area contributed by atoms with Crippen molar-refractivity contribution in [2.75, 3.05) is 17.2 Å². The molecule has 3 aromatic rings. The molecule has 1 N–H and O–H groups in total. The number of anilines is 1. The summed E-state index contributed by atoms with van der Waals surface area (Å²) in [4.78, 5) is 33.8. The Hall–Kier alpha value is -3.37. The molecule has 0 fully saturated rings. The Labute approximate surface area is 173 Å². The zero-order valence-corrected chi connectivity index (χ0v) is 17.0. The Balaban J connectivity index is 1.83. The van der Waals surface area contributed by atoms with Crippen LogP contribution in [0.4, 0.5) is 5.69 Å². The van der Waals surface area contributed by atoms with E-state index in [1.165, 1.54) is 0 Å². The average Bonchev–Trinajstić information content (AvgIpc) is 2.73. The highest BCUT2D eigenvalue weighted by Crippen LogP contribution is 2.23. The molecule has 0 aliphatic rings. The number of H-pyrrole nitrogens is 1. The largest absolute Gasteiger partial charge is 0.312 e. The van der Waals surface area contributed by atoms with Gasteiger partial charge in [0.25, 0.3) is 5.56 Å². The summed E-state index contributed by atoms with van der Waals surface area (Å²) >= 11 is 1.15. The summed E-state index contributed by atoms with van der Waals surface area (Å²) in [5, 5.41) is 9.65. The number of thioether (sulfide) groups is 1. The minimum absolute atomic E-state index is 0.0400. The number of aromatic amines is 1. The van der Waals surface area contributed by atoms with Gasteiger partial charge in [-0.2, -0.15) is 5.26 Å². The second-order valence-corrected chi connectivity index (χ2v) is 7.30. The van der Waals surface area contributed by atoms with E-state index in [9.17, 15) is 14.9 Å². The predicted molar refractivity (Wildman–Crippen MR) is 115 cm³/mol. The lowest BCUT2D eigenvalue weighted by molar-refractivity contribution is -0.116. The molecule has 6 nitrogen and oxygen atoms in total. The second-order valence-electron chi connectivity index (χ2n) is 6.34. The summed E-state index contributed by atoms with van der Waals surface area (Å²) in [6.07, 6.45) is 0. The van der Waals surface area contributed by atoms with Gasteiger partial charge in [0.05, 0.1) is 11.4 Å². The van der Waals surface area contributed by atoms with E-state index in [1.54, 1.807) is 17.0 Å². The Morgan fingerprint density at radius 2 is 1.97 bits per heavy atom. The van der Waals surface area contributed by atoms with Gasteiger partial charge >= 0.3 is 0 Å². The van der Waals surface area contributed by atoms with Crippen LogP contribution in [0.1, 0.15) is 18.1 Å². The number of aromatic nitrogens is 2. The molecule has 0 bridgehead atoms. The van der Waals surface area contributed by atoms with E-state index >= 15 is 0 Å². The number of carbonyl (C=O) groups excluding carboxylic acids is 1. The van der Waals surface area contributed by atoms with Crippen LogP contribution in [0.2, 0.25) is 0 Å². The van der Waals surface area contributed by atoms with Crippen molar-refractivity contribution in [2.24, 2.45) is 0 Å². The summed E-state index contributed by atoms with van der Waals surface area (Å²) in [5.74, 6) is 0.0292. The predicted octanol–water partition coefficient (Wildman–Crippen LogP) is 3.76. The maximum Gasteiger partial charge on any atom is 0.270 e. The highest BCUT2D eigenvalue weighted by molar-refractivity contribution is 7.99. The molecule has 1 heterocycles. The first-order valence-electron chi connectivity index (χ1n) is 9.13. The van der Waals surface area contributed by atoms with Gasteiger partial charge in [-0.05, 0) is 31.5 Å². The topological polar surface area (TPSA) is 89.8 Å². The van der Waals surface area contributed by atoms with Crippen molar-refractivity contribution in [1.29, 1.82) is 5.26 Å². The first-order chi connectivity index (χ1) is 14.0. The van der Waals surface area contributed by atoms with E-state index in [0.717, 1.165) is 23.0 Å². The lowest BCUT2D eigenvalue weighted by atomic mass is 10.1. The number of rotatable bonds is 6. The lowest BCUT2D eigenvalue weighted by Crippen LogP contribution is -2.32. The van der Waals surface area contributed by atoms with Gasteiger partial charge in [-0.1, -0.05) is 54.2 Å². The van der Waals surface area contributed by atoms with Crippen molar-refractivity contribution in [2.45, 2.75) is 19.0 Å². The van der Waals surface area contributed by atoms with Crippen LogP contribution in [-0.4, -0.2) is 28.2 Å². The molecule has 146 valence electrons. The first kappa shape index (κ1) is 20.4. The fraction of sp³-hybridized carbons (Fsp3) is 0.182. The van der Waals surface area contributed by atoms with Crippen LogP contribution in [-0.2, 0) is 4.79 Å². The highest BCUT2D eigenvalue weighted by Gasteiger charge is 2.17. The van der Waals surface area contributed by atoms with Crippen molar-refractivity contribution in [3.05, 3.63) is 76.1 Å². The van der Waals surface area contributed by atoms with Crippen LogP contribution in [0, 0.1) is 18.3 Å². The zero-order chi connectivity index (χ0) is 20.8.